The lowest BCUT2D eigenvalue weighted by molar-refractivity contribution is 0.0691. The number of thiazole rings is 1. The molecule has 0 aliphatic carbocycles. The Hall–Kier alpha value is -1.14. The zero-order valence-corrected chi connectivity index (χ0v) is 10.7. The van der Waals surface area contributed by atoms with Crippen LogP contribution < -0.4 is 5.01 Å². The zero-order chi connectivity index (χ0) is 12.3. The molecule has 0 atom stereocenters. The number of carbonyl (C=O) groups is 1. The zero-order valence-electron chi connectivity index (χ0n) is 9.93. The predicted molar refractivity (Wildman–Crippen MR) is 67.5 cm³/mol. The molecule has 1 fully saturated rings. The van der Waals surface area contributed by atoms with Crippen LogP contribution >= 0.6 is 11.3 Å². The third-order valence-corrected chi connectivity index (χ3v) is 3.76. The van der Waals surface area contributed by atoms with Crippen LogP contribution in [0, 0.1) is 0 Å². The highest BCUT2D eigenvalue weighted by molar-refractivity contribution is 7.13. The van der Waals surface area contributed by atoms with Gasteiger partial charge in [0.2, 0.25) is 5.13 Å². The predicted octanol–water partition coefficient (Wildman–Crippen LogP) is 2.07. The van der Waals surface area contributed by atoms with Crippen LogP contribution in [0.1, 0.15) is 36.7 Å². The topological polar surface area (TPSA) is 56.7 Å². The third kappa shape index (κ3) is 2.76. The Morgan fingerprint density at radius 1 is 1.53 bits per heavy atom. The second-order valence-corrected chi connectivity index (χ2v) is 4.89. The summed E-state index contributed by atoms with van der Waals surface area (Å²) in [5.74, 6) is -0.956. The van der Waals surface area contributed by atoms with E-state index in [2.05, 4.69) is 21.9 Å². The molecule has 0 spiro atoms. The van der Waals surface area contributed by atoms with Gasteiger partial charge in [-0.05, 0) is 19.8 Å². The van der Waals surface area contributed by atoms with Crippen LogP contribution in [0.25, 0.3) is 0 Å². The maximum absolute atomic E-state index is 10.8. The highest BCUT2D eigenvalue weighted by Crippen LogP contribution is 2.24. The van der Waals surface area contributed by atoms with Gasteiger partial charge in [0.05, 0.1) is 0 Å². The van der Waals surface area contributed by atoms with Crippen molar-refractivity contribution in [3.63, 3.8) is 0 Å². The van der Waals surface area contributed by atoms with Crippen LogP contribution in [0.3, 0.4) is 0 Å². The van der Waals surface area contributed by atoms with Gasteiger partial charge in [0.25, 0.3) is 0 Å². The van der Waals surface area contributed by atoms with Crippen molar-refractivity contribution in [2.75, 3.05) is 24.6 Å². The largest absolute Gasteiger partial charge is 0.476 e. The molecule has 2 rings (SSSR count). The SMILES string of the molecule is CCN(c1nc(C(=O)O)cs1)N1CCCCC1. The van der Waals surface area contributed by atoms with Crippen LogP contribution in [-0.4, -0.2) is 40.7 Å². The van der Waals surface area contributed by atoms with E-state index in [1.54, 1.807) is 5.38 Å². The number of aromatic carboxylic acids is 1. The van der Waals surface area contributed by atoms with Crippen molar-refractivity contribution in [2.24, 2.45) is 0 Å². The first-order valence-electron chi connectivity index (χ1n) is 5.93. The molecular formula is C11H17N3O2S. The van der Waals surface area contributed by atoms with Crippen molar-refractivity contribution in [1.82, 2.24) is 9.99 Å². The number of hydrogen-bond donors (Lipinski definition) is 1. The molecule has 17 heavy (non-hydrogen) atoms. The minimum Gasteiger partial charge on any atom is -0.476 e. The van der Waals surface area contributed by atoms with Gasteiger partial charge in [0, 0.05) is 25.0 Å². The average Bonchev–Trinajstić information content (AvgIpc) is 2.81. The fourth-order valence-electron chi connectivity index (χ4n) is 2.06. The van der Waals surface area contributed by atoms with Crippen LogP contribution in [-0.2, 0) is 0 Å². The monoisotopic (exact) mass is 255 g/mol. The lowest BCUT2D eigenvalue weighted by Crippen LogP contribution is -2.45. The summed E-state index contributed by atoms with van der Waals surface area (Å²) in [7, 11) is 0. The molecule has 5 nitrogen and oxygen atoms in total. The van der Waals surface area contributed by atoms with Gasteiger partial charge in [-0.15, -0.1) is 11.3 Å². The Morgan fingerprint density at radius 3 is 2.76 bits per heavy atom. The van der Waals surface area contributed by atoms with E-state index in [0.717, 1.165) is 24.8 Å². The van der Waals surface area contributed by atoms with Gasteiger partial charge in [0.1, 0.15) is 0 Å². The lowest BCUT2D eigenvalue weighted by atomic mass is 10.2. The molecule has 1 aromatic heterocycles. The number of aromatic nitrogens is 1. The summed E-state index contributed by atoms with van der Waals surface area (Å²) in [6.07, 6.45) is 3.69. The standard InChI is InChI=1S/C11H17N3O2S/c1-2-14(13-6-4-3-5-7-13)11-12-9(8-17-11)10(15)16/h8H,2-7H2,1H3,(H,15,16). The summed E-state index contributed by atoms with van der Waals surface area (Å²) in [5, 5.41) is 15.6. The fraction of sp³-hybridized carbons (Fsp3) is 0.636. The number of piperidine rings is 1. The minimum absolute atomic E-state index is 0.139. The van der Waals surface area contributed by atoms with Crippen LogP contribution in [0.2, 0.25) is 0 Å². The van der Waals surface area contributed by atoms with Crippen LogP contribution in [0.5, 0.6) is 0 Å². The van der Waals surface area contributed by atoms with E-state index in [-0.39, 0.29) is 5.69 Å². The Balaban J connectivity index is 2.12. The molecule has 0 radical (unpaired) electrons. The first-order chi connectivity index (χ1) is 8.22. The maximum Gasteiger partial charge on any atom is 0.355 e. The first-order valence-corrected chi connectivity index (χ1v) is 6.81. The number of carboxylic acid groups (broad SMARTS) is 1. The Bertz CT molecular complexity index is 388. The highest BCUT2D eigenvalue weighted by atomic mass is 32.1. The summed E-state index contributed by atoms with van der Waals surface area (Å²) in [5.41, 5.74) is 0.139. The quantitative estimate of drug-likeness (QED) is 0.892. The third-order valence-electron chi connectivity index (χ3n) is 2.91. The molecule has 0 amide bonds. The summed E-state index contributed by atoms with van der Waals surface area (Å²) in [4.78, 5) is 15.0. The summed E-state index contributed by atoms with van der Waals surface area (Å²) < 4.78 is 0. The number of anilines is 1. The second kappa shape index (κ2) is 5.46. The van der Waals surface area contributed by atoms with Gasteiger partial charge in [-0.2, -0.15) is 0 Å². The number of hydrazine groups is 1. The Labute approximate surface area is 105 Å². The van der Waals surface area contributed by atoms with E-state index >= 15 is 0 Å². The van der Waals surface area contributed by atoms with E-state index < -0.39 is 5.97 Å². The lowest BCUT2D eigenvalue weighted by Gasteiger charge is -2.36. The van der Waals surface area contributed by atoms with E-state index in [0.29, 0.717) is 0 Å². The van der Waals surface area contributed by atoms with Gasteiger partial charge in [0.15, 0.2) is 5.69 Å². The Kier molecular flexibility index (Phi) is 3.96. The van der Waals surface area contributed by atoms with Crippen molar-refractivity contribution >= 4 is 22.4 Å². The first kappa shape index (κ1) is 12.3. The van der Waals surface area contributed by atoms with Crippen molar-refractivity contribution in [2.45, 2.75) is 26.2 Å². The maximum atomic E-state index is 10.8. The number of rotatable bonds is 4. The van der Waals surface area contributed by atoms with Crippen molar-refractivity contribution in [1.29, 1.82) is 0 Å². The fourth-order valence-corrected chi connectivity index (χ4v) is 2.94. The molecule has 94 valence electrons. The molecule has 0 aromatic carbocycles. The number of nitrogens with zero attached hydrogens (tertiary/aromatic N) is 3. The molecule has 0 saturated carbocycles. The highest BCUT2D eigenvalue weighted by Gasteiger charge is 2.20. The van der Waals surface area contributed by atoms with Gasteiger partial charge in [-0.3, -0.25) is 5.01 Å². The van der Waals surface area contributed by atoms with E-state index in [1.807, 2.05) is 0 Å². The van der Waals surface area contributed by atoms with Gasteiger partial charge < -0.3 is 5.11 Å². The molecular weight excluding hydrogens is 238 g/mol. The molecule has 0 unspecified atom stereocenters. The summed E-state index contributed by atoms with van der Waals surface area (Å²) >= 11 is 1.40. The molecule has 1 aromatic rings. The van der Waals surface area contributed by atoms with E-state index in [9.17, 15) is 4.79 Å². The van der Waals surface area contributed by atoms with Crippen molar-refractivity contribution < 1.29 is 9.90 Å². The van der Waals surface area contributed by atoms with Gasteiger partial charge >= 0.3 is 5.97 Å². The van der Waals surface area contributed by atoms with Crippen LogP contribution in [0.15, 0.2) is 5.38 Å². The molecule has 1 aliphatic heterocycles. The van der Waals surface area contributed by atoms with Gasteiger partial charge in [-0.1, -0.05) is 6.42 Å². The molecule has 2 heterocycles. The molecule has 1 aliphatic rings. The van der Waals surface area contributed by atoms with Crippen LogP contribution in [0.4, 0.5) is 5.13 Å². The Morgan fingerprint density at radius 2 is 2.24 bits per heavy atom. The van der Waals surface area contributed by atoms with Gasteiger partial charge in [-0.25, -0.2) is 14.8 Å². The smallest absolute Gasteiger partial charge is 0.355 e. The molecule has 1 saturated heterocycles. The normalized spacial score (nSPS) is 17.0. The molecule has 1 N–H and O–H groups in total. The number of carboxylic acids is 1. The van der Waals surface area contributed by atoms with Crippen molar-refractivity contribution in [3.8, 4) is 0 Å². The number of hydrogen-bond acceptors (Lipinski definition) is 5. The molecule has 0 bridgehead atoms. The second-order valence-electron chi connectivity index (χ2n) is 4.05. The van der Waals surface area contributed by atoms with Crippen molar-refractivity contribution in [3.05, 3.63) is 11.1 Å². The van der Waals surface area contributed by atoms with E-state index in [4.69, 9.17) is 5.11 Å². The molecule has 6 heteroatoms. The summed E-state index contributed by atoms with van der Waals surface area (Å²) in [6, 6.07) is 0. The average molecular weight is 255 g/mol. The summed E-state index contributed by atoms with van der Waals surface area (Å²) in [6.45, 7) is 4.97. The minimum atomic E-state index is -0.956. The van der Waals surface area contributed by atoms with E-state index in [1.165, 1.54) is 30.6 Å².